The third-order valence-electron chi connectivity index (χ3n) is 4.81. The number of aromatic amines is 1. The van der Waals surface area contributed by atoms with Gasteiger partial charge >= 0.3 is 0 Å². The molecule has 0 aliphatic heterocycles. The zero-order valence-corrected chi connectivity index (χ0v) is 15.1. The molecule has 3 aromatic heterocycles. The molecule has 6 N–H and O–H groups in total. The second kappa shape index (κ2) is 6.31. The van der Waals surface area contributed by atoms with Crippen LogP contribution in [0.1, 0.15) is 5.56 Å². The molecule has 0 atom stereocenters. The topological polar surface area (TPSA) is 111 Å². The van der Waals surface area contributed by atoms with E-state index in [-0.39, 0.29) is 0 Å². The van der Waals surface area contributed by atoms with E-state index < -0.39 is 0 Å². The average Bonchev–Trinajstić information content (AvgIpc) is 3.33. The summed E-state index contributed by atoms with van der Waals surface area (Å²) in [5, 5.41) is 5.49. The highest BCUT2D eigenvalue weighted by Gasteiger charge is 2.09. The Balaban J connectivity index is 1.43. The van der Waals surface area contributed by atoms with E-state index in [9.17, 15) is 0 Å². The maximum Gasteiger partial charge on any atom is 0.236 e. The number of hydrogen-bond donors (Lipinski definition) is 4. The maximum atomic E-state index is 6.07. The van der Waals surface area contributed by atoms with Crippen LogP contribution in [0.4, 0.5) is 17.2 Å². The molecule has 0 amide bonds. The van der Waals surface area contributed by atoms with Crippen LogP contribution in [0, 0.1) is 0 Å². The van der Waals surface area contributed by atoms with Crippen LogP contribution in [0.5, 0.6) is 0 Å². The molecule has 0 aliphatic carbocycles. The molecule has 5 aromatic rings. The average molecular weight is 369 g/mol. The molecule has 5 rings (SSSR count). The normalized spacial score (nSPS) is 11.3. The zero-order chi connectivity index (χ0) is 19.1. The first-order valence-corrected chi connectivity index (χ1v) is 8.97. The van der Waals surface area contributed by atoms with Crippen LogP contribution in [0.15, 0.2) is 67.1 Å². The Morgan fingerprint density at radius 2 is 1.96 bits per heavy atom. The Labute approximate surface area is 161 Å². The Morgan fingerprint density at radius 1 is 1.04 bits per heavy atom. The standard InChI is InChI=1S/C21H19N7/c22-15-10-17(23)16-5-8-28(19(16)11-15)21-25-7-4-20(27-21)26-12-13-1-2-18-14(9-13)3-6-24-18/h1-11,24H,12,22-23H2,(H,25,26,27). The molecule has 28 heavy (non-hydrogen) atoms. The predicted molar refractivity (Wildman–Crippen MR) is 113 cm³/mol. The van der Waals surface area contributed by atoms with E-state index >= 15 is 0 Å². The van der Waals surface area contributed by atoms with Gasteiger partial charge in [-0.1, -0.05) is 6.07 Å². The number of nitrogens with two attached hydrogens (primary N) is 2. The van der Waals surface area contributed by atoms with E-state index in [0.717, 1.165) is 22.2 Å². The Kier molecular flexibility index (Phi) is 3.65. The first-order valence-electron chi connectivity index (χ1n) is 8.97. The number of nitrogens with one attached hydrogen (secondary N) is 2. The Bertz CT molecular complexity index is 1300. The molecule has 138 valence electrons. The van der Waals surface area contributed by atoms with Crippen LogP contribution in [0.25, 0.3) is 27.8 Å². The number of fused-ring (bicyclic) bond motifs is 2. The summed E-state index contributed by atoms with van der Waals surface area (Å²) in [4.78, 5) is 12.3. The lowest BCUT2D eigenvalue weighted by molar-refractivity contribution is 0.954. The molecular formula is C21H19N7. The van der Waals surface area contributed by atoms with Crippen LogP contribution < -0.4 is 16.8 Å². The van der Waals surface area contributed by atoms with Gasteiger partial charge in [-0.3, -0.25) is 4.57 Å². The number of aromatic nitrogens is 4. The van der Waals surface area contributed by atoms with Gasteiger partial charge in [-0.15, -0.1) is 0 Å². The lowest BCUT2D eigenvalue weighted by Crippen LogP contribution is -2.05. The fourth-order valence-corrected chi connectivity index (χ4v) is 3.44. The van der Waals surface area contributed by atoms with Crippen molar-refractivity contribution >= 4 is 39.0 Å². The maximum absolute atomic E-state index is 6.07. The molecule has 0 saturated heterocycles. The van der Waals surface area contributed by atoms with Gasteiger partial charge in [0.1, 0.15) is 5.82 Å². The molecule has 0 fully saturated rings. The quantitative estimate of drug-likeness (QED) is 0.361. The van der Waals surface area contributed by atoms with Crippen molar-refractivity contribution in [3.63, 3.8) is 0 Å². The van der Waals surface area contributed by atoms with Crippen LogP contribution >= 0.6 is 0 Å². The van der Waals surface area contributed by atoms with Gasteiger partial charge in [0.2, 0.25) is 5.95 Å². The highest BCUT2D eigenvalue weighted by Crippen LogP contribution is 2.27. The molecule has 0 spiro atoms. The minimum Gasteiger partial charge on any atom is -0.399 e. The van der Waals surface area contributed by atoms with Crippen molar-refractivity contribution in [2.24, 2.45) is 0 Å². The summed E-state index contributed by atoms with van der Waals surface area (Å²) in [5.41, 5.74) is 16.5. The van der Waals surface area contributed by atoms with Gasteiger partial charge in [-0.25, -0.2) is 4.98 Å². The lowest BCUT2D eigenvalue weighted by Gasteiger charge is -2.09. The van der Waals surface area contributed by atoms with Gasteiger partial charge in [0.25, 0.3) is 0 Å². The summed E-state index contributed by atoms with van der Waals surface area (Å²) in [6, 6.07) is 15.8. The van der Waals surface area contributed by atoms with E-state index in [1.165, 1.54) is 10.9 Å². The van der Waals surface area contributed by atoms with Crippen molar-refractivity contribution in [2.45, 2.75) is 6.54 Å². The van der Waals surface area contributed by atoms with Crippen molar-refractivity contribution in [1.29, 1.82) is 0 Å². The minimum atomic E-state index is 0.561. The summed E-state index contributed by atoms with van der Waals surface area (Å²) in [5.74, 6) is 1.31. The summed E-state index contributed by atoms with van der Waals surface area (Å²) in [7, 11) is 0. The Morgan fingerprint density at radius 3 is 2.89 bits per heavy atom. The fourth-order valence-electron chi connectivity index (χ4n) is 3.44. The third kappa shape index (κ3) is 2.79. The van der Waals surface area contributed by atoms with Crippen LogP contribution in [-0.4, -0.2) is 19.5 Å². The highest BCUT2D eigenvalue weighted by atomic mass is 15.2. The molecule has 0 saturated carbocycles. The molecule has 7 nitrogen and oxygen atoms in total. The molecule has 3 heterocycles. The molecule has 0 radical (unpaired) electrons. The first-order chi connectivity index (χ1) is 13.7. The van der Waals surface area contributed by atoms with Crippen LogP contribution in [0.2, 0.25) is 0 Å². The monoisotopic (exact) mass is 369 g/mol. The summed E-state index contributed by atoms with van der Waals surface area (Å²) in [6.07, 6.45) is 5.58. The first kappa shape index (κ1) is 16.2. The number of nitrogens with zero attached hydrogens (tertiary/aromatic N) is 3. The van der Waals surface area contributed by atoms with Crippen LogP contribution in [-0.2, 0) is 6.54 Å². The summed E-state index contributed by atoms with van der Waals surface area (Å²) >= 11 is 0. The van der Waals surface area contributed by atoms with Crippen molar-refractivity contribution in [1.82, 2.24) is 19.5 Å². The van der Waals surface area contributed by atoms with E-state index in [0.29, 0.717) is 23.9 Å². The van der Waals surface area contributed by atoms with E-state index in [1.54, 1.807) is 12.3 Å². The summed E-state index contributed by atoms with van der Waals surface area (Å²) in [6.45, 7) is 0.671. The molecule has 0 bridgehead atoms. The van der Waals surface area contributed by atoms with Gasteiger partial charge in [0, 0.05) is 47.4 Å². The van der Waals surface area contributed by atoms with E-state index in [2.05, 4.69) is 44.5 Å². The SMILES string of the molecule is Nc1cc(N)c2ccn(-c3nccc(NCc4ccc5[nH]ccc5c4)n3)c2c1. The number of anilines is 3. The second-order valence-corrected chi connectivity index (χ2v) is 6.72. The number of benzene rings is 2. The van der Waals surface area contributed by atoms with E-state index in [1.807, 2.05) is 35.2 Å². The minimum absolute atomic E-state index is 0.561. The van der Waals surface area contributed by atoms with Gasteiger partial charge in [-0.2, -0.15) is 4.98 Å². The van der Waals surface area contributed by atoms with Crippen molar-refractivity contribution < 1.29 is 0 Å². The zero-order valence-electron chi connectivity index (χ0n) is 15.1. The second-order valence-electron chi connectivity index (χ2n) is 6.72. The molecular weight excluding hydrogens is 350 g/mol. The highest BCUT2D eigenvalue weighted by molar-refractivity contribution is 5.94. The molecule has 0 unspecified atom stereocenters. The third-order valence-corrected chi connectivity index (χ3v) is 4.81. The van der Waals surface area contributed by atoms with E-state index in [4.69, 9.17) is 11.5 Å². The van der Waals surface area contributed by atoms with Crippen molar-refractivity contribution in [3.8, 4) is 5.95 Å². The number of rotatable bonds is 4. The number of hydrogen-bond acceptors (Lipinski definition) is 5. The largest absolute Gasteiger partial charge is 0.399 e. The van der Waals surface area contributed by atoms with Crippen LogP contribution in [0.3, 0.4) is 0 Å². The predicted octanol–water partition coefficient (Wildman–Crippen LogP) is 3.68. The molecule has 0 aliphatic rings. The van der Waals surface area contributed by atoms with Gasteiger partial charge in [0.05, 0.1) is 5.52 Å². The van der Waals surface area contributed by atoms with Gasteiger partial charge < -0.3 is 21.8 Å². The van der Waals surface area contributed by atoms with Crippen molar-refractivity contribution in [2.75, 3.05) is 16.8 Å². The lowest BCUT2D eigenvalue weighted by atomic mass is 10.1. The van der Waals surface area contributed by atoms with Crippen molar-refractivity contribution in [3.05, 3.63) is 72.7 Å². The van der Waals surface area contributed by atoms with Gasteiger partial charge in [0.15, 0.2) is 0 Å². The number of H-pyrrole nitrogens is 1. The molecule has 2 aromatic carbocycles. The summed E-state index contributed by atoms with van der Waals surface area (Å²) < 4.78 is 1.89. The van der Waals surface area contributed by atoms with Gasteiger partial charge in [-0.05, 0) is 53.4 Å². The Hall–Kier alpha value is -4.00. The smallest absolute Gasteiger partial charge is 0.236 e. The molecule has 7 heteroatoms. The fraction of sp³-hybridized carbons (Fsp3) is 0.0476. The number of nitrogen functional groups attached to an aromatic ring is 2.